The Morgan fingerprint density at radius 1 is 0.216 bits per heavy atom. The maximum atomic E-state index is 5.60. The summed E-state index contributed by atoms with van der Waals surface area (Å²) >= 11 is 0. The van der Waals surface area contributed by atoms with E-state index in [1.807, 2.05) is 24.3 Å². The van der Waals surface area contributed by atoms with E-state index in [2.05, 4.69) is 306 Å². The molecule has 17 rings (SSSR count). The fourth-order valence-electron chi connectivity index (χ4n) is 13.2. The van der Waals surface area contributed by atoms with Gasteiger partial charge in [-0.25, -0.2) is 9.97 Å². The van der Waals surface area contributed by atoms with Crippen molar-refractivity contribution in [2.24, 2.45) is 0 Å². The molecule has 15 aromatic rings. The van der Waals surface area contributed by atoms with Gasteiger partial charge in [0.1, 0.15) is 0 Å². The maximum absolute atomic E-state index is 5.60. The summed E-state index contributed by atoms with van der Waals surface area (Å²) in [5.74, 6) is 1.91. The zero-order valence-corrected chi connectivity index (χ0v) is 56.2. The number of aromatic nitrogens is 16. The van der Waals surface area contributed by atoms with Crippen LogP contribution in [0.2, 0.25) is 0 Å². The predicted molar refractivity (Wildman–Crippen MR) is 363 cm³/mol. The molecule has 0 aliphatic carbocycles. The Kier molecular flexibility index (Phi) is 16.4. The van der Waals surface area contributed by atoms with Gasteiger partial charge < -0.3 is 29.9 Å². The first kappa shape index (κ1) is 60.0. The van der Waals surface area contributed by atoms with Crippen LogP contribution in [0.5, 0.6) is 0 Å². The van der Waals surface area contributed by atoms with Gasteiger partial charge in [-0.1, -0.05) is 97.1 Å². The number of hydrogen-bond acceptors (Lipinski definition) is 6. The molecule has 2 aliphatic heterocycles. The van der Waals surface area contributed by atoms with E-state index < -0.39 is 0 Å². The van der Waals surface area contributed by atoms with Crippen molar-refractivity contribution in [1.82, 2.24) is 39.9 Å². The third-order valence-electron chi connectivity index (χ3n) is 18.2. The maximum Gasteiger partial charge on any atom is 2.00 e. The van der Waals surface area contributed by atoms with E-state index in [0.29, 0.717) is 45.9 Å². The standard InChI is InChI=1S/C80H64N16.Zn/c1-5-33-89(34-6-1)49-53-93-41-25-57(26-42-93)61-17-13-21-65-69(61)77-81-73(65)86-78-71-63(59-29-45-95(46-30-59)55-51-91-37-9-3-10-38-91)19-15-23-67(71)75(83-78)88-80-72-64(60-31-47-96(48-32-60)56-52-92-39-11-4-12-40-92)20-16-24-68(72)76(84-80)87-79-70-62(18-14-22-66(70)74(82-79)85-77)58-27-43-94(44-28-58)54-50-90-35-7-2-8-36-90;/h1-48H,49-56H2;/q+6;+2. The SMILES string of the molecule is [Zn+2].c1cc[n+](CC[n+]2ccc(-c3cccc4c3-c3nc-4nc4[n-]c(nc5nc(nc6[n-]c(n3)c3cccc(-c7cc[n+](CC[n+]8ccccc8)cc7)c63)-c3cccc(-c6cc[n+](CC[n+]7ccccc7)cc6)c3-5)c3cccc(-c5cc[n+](CC[n+]6ccccc6)cc5)c43)cc2)cc1. The van der Waals surface area contributed by atoms with Crippen LogP contribution in [0.1, 0.15) is 0 Å². The summed E-state index contributed by atoms with van der Waals surface area (Å²) in [4.78, 5) is 44.3. The van der Waals surface area contributed by atoms with Crippen LogP contribution < -0.4 is 46.5 Å². The Hall–Kier alpha value is -11.9. The molecular weight excluding hydrogens is 1250 g/mol. The fraction of sp³-hybridized carbons (Fsp3) is 0.100. The monoisotopic (exact) mass is 1310 g/mol. The number of rotatable bonds is 16. The second-order valence-electron chi connectivity index (χ2n) is 24.1. The van der Waals surface area contributed by atoms with E-state index in [9.17, 15) is 0 Å². The molecule has 0 fully saturated rings. The minimum Gasteiger partial charge on any atom is -0.357 e. The summed E-state index contributed by atoms with van der Waals surface area (Å²) in [5, 5.41) is 3.33. The normalized spacial score (nSPS) is 11.5. The minimum absolute atomic E-state index is 0. The van der Waals surface area contributed by atoms with Crippen molar-refractivity contribution in [2.45, 2.75) is 52.4 Å². The Labute approximate surface area is 572 Å². The third-order valence-corrected chi connectivity index (χ3v) is 18.2. The van der Waals surface area contributed by atoms with E-state index in [4.69, 9.17) is 39.9 Å². The predicted octanol–water partition coefficient (Wildman–Crippen LogP) is 9.89. The quantitative estimate of drug-likeness (QED) is 0.0689. The first-order chi connectivity index (χ1) is 47.5. The van der Waals surface area contributed by atoms with Crippen molar-refractivity contribution in [1.29, 1.82) is 0 Å². The molecule has 0 unspecified atom stereocenters. The van der Waals surface area contributed by atoms with Gasteiger partial charge in [0.2, 0.25) is 52.4 Å². The van der Waals surface area contributed by atoms with Gasteiger partial charge in [-0.15, -0.1) is 0 Å². The Bertz CT molecular complexity index is 5220. The molecule has 17 heteroatoms. The molecule has 11 aromatic heterocycles. The third kappa shape index (κ3) is 12.1. The molecule has 0 N–H and O–H groups in total. The van der Waals surface area contributed by atoms with Gasteiger partial charge in [0.05, 0.1) is 23.3 Å². The van der Waals surface area contributed by atoms with Crippen molar-refractivity contribution < 1.29 is 56.0 Å². The molecule has 97 heavy (non-hydrogen) atoms. The first-order valence-corrected chi connectivity index (χ1v) is 32.5. The molecule has 16 nitrogen and oxygen atoms in total. The summed E-state index contributed by atoms with van der Waals surface area (Å²) in [6, 6.07) is 67.3. The van der Waals surface area contributed by atoms with Gasteiger partial charge >= 0.3 is 19.5 Å². The number of aryl methyl sites for hydroxylation is 8. The average Bonchev–Trinajstić information content (AvgIpc) is 1.61. The molecule has 0 spiro atoms. The molecule has 0 radical (unpaired) electrons. The van der Waals surface area contributed by atoms with E-state index in [-0.39, 0.29) is 19.5 Å². The summed E-state index contributed by atoms with van der Waals surface area (Å²) in [5.41, 5.74) is 13.1. The van der Waals surface area contributed by atoms with E-state index in [0.717, 1.165) is 141 Å². The Morgan fingerprint density at radius 2 is 0.464 bits per heavy atom. The summed E-state index contributed by atoms with van der Waals surface area (Å²) in [7, 11) is 0. The number of hydrogen-bond donors (Lipinski definition) is 0. The van der Waals surface area contributed by atoms with Gasteiger partial charge in [-0.05, 0) is 55.3 Å². The van der Waals surface area contributed by atoms with Crippen LogP contribution in [0, 0.1) is 0 Å². The van der Waals surface area contributed by atoms with Crippen LogP contribution in [-0.2, 0) is 71.8 Å². The molecule has 8 bridgehead atoms. The number of benzene rings is 4. The molecule has 13 heterocycles. The van der Waals surface area contributed by atoms with Crippen LogP contribution in [0.25, 0.3) is 134 Å². The van der Waals surface area contributed by atoms with E-state index in [1.54, 1.807) is 0 Å². The van der Waals surface area contributed by atoms with Crippen LogP contribution >= 0.6 is 0 Å². The average molecular weight is 1310 g/mol. The summed E-state index contributed by atoms with van der Waals surface area (Å²) in [6.07, 6.45) is 33.9. The fourth-order valence-corrected chi connectivity index (χ4v) is 13.2. The van der Waals surface area contributed by atoms with Crippen LogP contribution in [0.4, 0.5) is 0 Å². The van der Waals surface area contributed by atoms with Crippen molar-refractivity contribution >= 4 is 44.1 Å². The van der Waals surface area contributed by atoms with Gasteiger partial charge in [0, 0.05) is 153 Å². The van der Waals surface area contributed by atoms with Crippen LogP contribution in [-0.4, -0.2) is 29.9 Å². The number of pyridine rings is 8. The first-order valence-electron chi connectivity index (χ1n) is 32.5. The van der Waals surface area contributed by atoms with Crippen molar-refractivity contribution in [3.8, 4) is 90.1 Å². The zero-order valence-electron chi connectivity index (χ0n) is 53.2. The van der Waals surface area contributed by atoms with E-state index >= 15 is 0 Å². The van der Waals surface area contributed by atoms with Crippen molar-refractivity contribution in [3.63, 3.8) is 0 Å². The number of nitrogens with zero attached hydrogens (tertiary/aromatic N) is 16. The molecular formula is C80H64N16Zn+8. The zero-order chi connectivity index (χ0) is 63.7. The Morgan fingerprint density at radius 3 is 0.773 bits per heavy atom. The molecule has 4 aromatic carbocycles. The molecule has 0 saturated carbocycles. The second-order valence-corrected chi connectivity index (χ2v) is 24.1. The van der Waals surface area contributed by atoms with Crippen LogP contribution in [0.3, 0.4) is 0 Å². The molecule has 458 valence electrons. The molecule has 2 aliphatic rings. The second kappa shape index (κ2) is 26.5. The largest absolute Gasteiger partial charge is 2.00 e. The van der Waals surface area contributed by atoms with Crippen molar-refractivity contribution in [2.75, 3.05) is 0 Å². The number of fused-ring (bicyclic) bond motifs is 20. The smallest absolute Gasteiger partial charge is 0.357 e. The van der Waals surface area contributed by atoms with Crippen molar-refractivity contribution in [3.05, 3.63) is 293 Å². The Balaban J connectivity index is 0.00000738. The van der Waals surface area contributed by atoms with Crippen LogP contribution in [0.15, 0.2) is 293 Å². The topological polar surface area (TPSA) is 137 Å². The summed E-state index contributed by atoms with van der Waals surface area (Å²) in [6.45, 7) is 6.54. The van der Waals surface area contributed by atoms with Gasteiger partial charge in [-0.2, -0.15) is 36.5 Å². The molecule has 0 amide bonds. The van der Waals surface area contributed by atoms with E-state index in [1.165, 1.54) is 0 Å². The summed E-state index contributed by atoms with van der Waals surface area (Å²) < 4.78 is 17.6. The molecule has 0 saturated heterocycles. The minimum atomic E-state index is 0. The van der Waals surface area contributed by atoms with Gasteiger partial charge in [0.15, 0.2) is 99.1 Å². The van der Waals surface area contributed by atoms with Gasteiger partial charge in [0.25, 0.3) is 0 Å². The van der Waals surface area contributed by atoms with Gasteiger partial charge in [-0.3, -0.25) is 0 Å². The molecule has 0 atom stereocenters.